The van der Waals surface area contributed by atoms with Crippen molar-refractivity contribution in [1.82, 2.24) is 5.32 Å². The molecule has 0 unspecified atom stereocenters. The lowest BCUT2D eigenvalue weighted by molar-refractivity contribution is 0.0946. The number of fused-ring (bicyclic) bond motifs is 1. The molecule has 78 valence electrons. The van der Waals surface area contributed by atoms with Crippen molar-refractivity contribution < 1.29 is 14.7 Å². The Balaban J connectivity index is 2.35. The van der Waals surface area contributed by atoms with Crippen molar-refractivity contribution >= 4 is 17.7 Å². The maximum atomic E-state index is 11.4. The van der Waals surface area contributed by atoms with E-state index in [4.69, 9.17) is 5.11 Å². The lowest BCUT2D eigenvalue weighted by atomic mass is 10.00. The standard InChI is InChI=1S/C10H10N2O3/c13-9-8-5-7(12-10(14)15)2-1-6(8)3-4-11-9/h1-2,5,12H,3-4H2,(H,11,13)(H,14,15). The van der Waals surface area contributed by atoms with Gasteiger partial charge in [0.25, 0.3) is 5.91 Å². The molecule has 0 saturated heterocycles. The SMILES string of the molecule is O=C(O)Nc1ccc2c(c1)C(=O)NCC2. The smallest absolute Gasteiger partial charge is 0.409 e. The zero-order chi connectivity index (χ0) is 10.8. The van der Waals surface area contributed by atoms with E-state index in [9.17, 15) is 9.59 Å². The minimum atomic E-state index is -1.13. The predicted octanol–water partition coefficient (Wildman–Crippen LogP) is 1.06. The minimum absolute atomic E-state index is 0.148. The maximum Gasteiger partial charge on any atom is 0.409 e. The summed E-state index contributed by atoms with van der Waals surface area (Å²) in [5.74, 6) is -0.148. The zero-order valence-corrected chi connectivity index (χ0v) is 7.91. The number of benzene rings is 1. The highest BCUT2D eigenvalue weighted by molar-refractivity contribution is 5.98. The monoisotopic (exact) mass is 206 g/mol. The van der Waals surface area contributed by atoms with Gasteiger partial charge in [-0.1, -0.05) is 6.07 Å². The molecule has 3 N–H and O–H groups in total. The van der Waals surface area contributed by atoms with Crippen LogP contribution in [-0.2, 0) is 6.42 Å². The number of hydrogen-bond donors (Lipinski definition) is 3. The first-order valence-electron chi connectivity index (χ1n) is 4.58. The van der Waals surface area contributed by atoms with Gasteiger partial charge in [0.05, 0.1) is 0 Å². The number of carbonyl (C=O) groups excluding carboxylic acids is 1. The van der Waals surface area contributed by atoms with Crippen LogP contribution in [0.5, 0.6) is 0 Å². The van der Waals surface area contributed by atoms with Crippen molar-refractivity contribution in [1.29, 1.82) is 0 Å². The van der Waals surface area contributed by atoms with Crippen LogP contribution in [0.3, 0.4) is 0 Å². The second-order valence-electron chi connectivity index (χ2n) is 3.31. The molecule has 1 aromatic rings. The first kappa shape index (κ1) is 9.51. The maximum absolute atomic E-state index is 11.4. The molecule has 0 atom stereocenters. The largest absolute Gasteiger partial charge is 0.465 e. The average molecular weight is 206 g/mol. The molecule has 5 nitrogen and oxygen atoms in total. The first-order chi connectivity index (χ1) is 7.16. The molecule has 0 aliphatic carbocycles. The molecule has 2 rings (SSSR count). The third-order valence-corrected chi connectivity index (χ3v) is 2.29. The number of carbonyl (C=O) groups is 2. The highest BCUT2D eigenvalue weighted by atomic mass is 16.4. The van der Waals surface area contributed by atoms with Crippen LogP contribution in [0.25, 0.3) is 0 Å². The second kappa shape index (κ2) is 3.61. The molecular formula is C10H10N2O3. The predicted molar refractivity (Wildman–Crippen MR) is 54.1 cm³/mol. The van der Waals surface area contributed by atoms with Crippen molar-refractivity contribution in [3.63, 3.8) is 0 Å². The van der Waals surface area contributed by atoms with E-state index in [1.165, 1.54) is 0 Å². The van der Waals surface area contributed by atoms with Crippen LogP contribution in [0.15, 0.2) is 18.2 Å². The summed E-state index contributed by atoms with van der Waals surface area (Å²) in [6, 6.07) is 4.99. The summed E-state index contributed by atoms with van der Waals surface area (Å²) in [6.07, 6.45) is -0.347. The summed E-state index contributed by atoms with van der Waals surface area (Å²) in [5, 5.41) is 13.4. The lowest BCUT2D eigenvalue weighted by Gasteiger charge is -2.16. The van der Waals surface area contributed by atoms with Gasteiger partial charge in [0.15, 0.2) is 0 Å². The third kappa shape index (κ3) is 1.90. The molecule has 2 amide bonds. The number of rotatable bonds is 1. The number of amides is 2. The van der Waals surface area contributed by atoms with Crippen LogP contribution in [0.4, 0.5) is 10.5 Å². The topological polar surface area (TPSA) is 78.4 Å². The van der Waals surface area contributed by atoms with E-state index in [1.807, 2.05) is 0 Å². The Hall–Kier alpha value is -2.04. The normalized spacial score (nSPS) is 14.0. The molecule has 0 radical (unpaired) electrons. The number of carboxylic acid groups (broad SMARTS) is 1. The molecule has 1 aliphatic rings. The van der Waals surface area contributed by atoms with Gasteiger partial charge in [-0.15, -0.1) is 0 Å². The van der Waals surface area contributed by atoms with Gasteiger partial charge in [0.1, 0.15) is 0 Å². The van der Waals surface area contributed by atoms with Crippen molar-refractivity contribution in [3.8, 4) is 0 Å². The van der Waals surface area contributed by atoms with E-state index < -0.39 is 6.09 Å². The quantitative estimate of drug-likeness (QED) is 0.642. The second-order valence-corrected chi connectivity index (χ2v) is 3.31. The molecule has 1 heterocycles. The van der Waals surface area contributed by atoms with Gasteiger partial charge >= 0.3 is 6.09 Å². The number of nitrogens with one attached hydrogen (secondary N) is 2. The molecule has 0 saturated carbocycles. The van der Waals surface area contributed by atoms with E-state index in [0.29, 0.717) is 17.8 Å². The minimum Gasteiger partial charge on any atom is -0.465 e. The third-order valence-electron chi connectivity index (χ3n) is 2.29. The highest BCUT2D eigenvalue weighted by Gasteiger charge is 2.16. The molecule has 15 heavy (non-hydrogen) atoms. The fourth-order valence-corrected chi connectivity index (χ4v) is 1.61. The lowest BCUT2D eigenvalue weighted by Crippen LogP contribution is -2.31. The van der Waals surface area contributed by atoms with Crippen molar-refractivity contribution in [2.24, 2.45) is 0 Å². The van der Waals surface area contributed by atoms with E-state index in [1.54, 1.807) is 18.2 Å². The van der Waals surface area contributed by atoms with Gasteiger partial charge in [0, 0.05) is 17.8 Å². The van der Waals surface area contributed by atoms with Crippen LogP contribution >= 0.6 is 0 Å². The Morgan fingerprint density at radius 1 is 1.47 bits per heavy atom. The van der Waals surface area contributed by atoms with E-state index in [0.717, 1.165) is 12.0 Å². The molecule has 0 spiro atoms. The number of hydrogen-bond acceptors (Lipinski definition) is 2. The van der Waals surface area contributed by atoms with Crippen LogP contribution < -0.4 is 10.6 Å². The van der Waals surface area contributed by atoms with E-state index >= 15 is 0 Å². The Bertz CT molecular complexity index is 429. The summed E-state index contributed by atoms with van der Waals surface area (Å²) in [5.41, 5.74) is 1.92. The van der Waals surface area contributed by atoms with Crippen LogP contribution in [0, 0.1) is 0 Å². The molecule has 5 heteroatoms. The van der Waals surface area contributed by atoms with Crippen molar-refractivity contribution in [2.75, 3.05) is 11.9 Å². The van der Waals surface area contributed by atoms with Gasteiger partial charge in [0.2, 0.25) is 0 Å². The molecule has 1 aliphatic heterocycles. The Morgan fingerprint density at radius 2 is 2.27 bits per heavy atom. The van der Waals surface area contributed by atoms with Crippen LogP contribution in [0.2, 0.25) is 0 Å². The molecule has 0 bridgehead atoms. The average Bonchev–Trinajstić information content (AvgIpc) is 2.18. The summed E-state index contributed by atoms with van der Waals surface area (Å²) in [7, 11) is 0. The van der Waals surface area contributed by atoms with E-state index in [2.05, 4.69) is 10.6 Å². The zero-order valence-electron chi connectivity index (χ0n) is 7.91. The van der Waals surface area contributed by atoms with Crippen molar-refractivity contribution in [3.05, 3.63) is 29.3 Å². The fraction of sp³-hybridized carbons (Fsp3) is 0.200. The molecule has 0 aromatic heterocycles. The van der Waals surface area contributed by atoms with Gasteiger partial charge in [-0.3, -0.25) is 10.1 Å². The summed E-state index contributed by atoms with van der Waals surface area (Å²) in [6.45, 7) is 0.636. The van der Waals surface area contributed by atoms with Gasteiger partial charge in [-0.2, -0.15) is 0 Å². The van der Waals surface area contributed by atoms with Gasteiger partial charge in [-0.25, -0.2) is 4.79 Å². The fourth-order valence-electron chi connectivity index (χ4n) is 1.61. The number of anilines is 1. The Kier molecular flexibility index (Phi) is 2.29. The Morgan fingerprint density at radius 3 is 3.00 bits per heavy atom. The summed E-state index contributed by atoms with van der Waals surface area (Å²) in [4.78, 5) is 21.8. The molecule has 0 fully saturated rings. The summed E-state index contributed by atoms with van der Waals surface area (Å²) < 4.78 is 0. The molecular weight excluding hydrogens is 196 g/mol. The highest BCUT2D eigenvalue weighted by Crippen LogP contribution is 2.18. The van der Waals surface area contributed by atoms with Crippen molar-refractivity contribution in [2.45, 2.75) is 6.42 Å². The molecule has 1 aromatic carbocycles. The Labute approximate surface area is 86.1 Å². The van der Waals surface area contributed by atoms with Gasteiger partial charge in [-0.05, 0) is 24.1 Å². The summed E-state index contributed by atoms with van der Waals surface area (Å²) >= 11 is 0. The van der Waals surface area contributed by atoms with Gasteiger partial charge < -0.3 is 10.4 Å². The van der Waals surface area contributed by atoms with E-state index in [-0.39, 0.29) is 5.91 Å². The first-order valence-corrected chi connectivity index (χ1v) is 4.58. The van der Waals surface area contributed by atoms with Crippen LogP contribution in [0.1, 0.15) is 15.9 Å². The van der Waals surface area contributed by atoms with Crippen LogP contribution in [-0.4, -0.2) is 23.7 Å².